The van der Waals surface area contributed by atoms with Crippen LogP contribution in [-0.4, -0.2) is 26.6 Å². The summed E-state index contributed by atoms with van der Waals surface area (Å²) >= 11 is 0. The molecule has 7 aliphatic carbocycles. The van der Waals surface area contributed by atoms with E-state index in [1.807, 2.05) is 6.07 Å². The summed E-state index contributed by atoms with van der Waals surface area (Å²) in [6.07, 6.45) is 44.8. The maximum atomic E-state index is 6.76. The lowest BCUT2D eigenvalue weighted by Gasteiger charge is -2.46. The zero-order chi connectivity index (χ0) is 45.0. The van der Waals surface area contributed by atoms with E-state index in [1.54, 1.807) is 0 Å². The monoisotopic (exact) mass is 884 g/mol. The molecule has 13 rings (SSSR count). The number of aromatic nitrogens is 3. The number of fused-ring (bicyclic) bond motifs is 7. The number of benzene rings is 3. The van der Waals surface area contributed by atoms with Crippen molar-refractivity contribution < 1.29 is 4.74 Å². The van der Waals surface area contributed by atoms with E-state index in [0.29, 0.717) is 12.2 Å². The molecular formula is C61H52N6O. The molecule has 9 aliphatic rings. The molecule has 332 valence electrons. The average molecular weight is 885 g/mol. The third-order valence-electron chi connectivity index (χ3n) is 15.2. The van der Waals surface area contributed by atoms with Crippen LogP contribution in [0.1, 0.15) is 85.7 Å². The van der Waals surface area contributed by atoms with E-state index in [4.69, 9.17) is 29.7 Å². The highest BCUT2D eigenvalue weighted by molar-refractivity contribution is 6.12. The van der Waals surface area contributed by atoms with Gasteiger partial charge in [-0.05, 0) is 78.5 Å². The van der Waals surface area contributed by atoms with Gasteiger partial charge in [-0.1, -0.05) is 182 Å². The Labute approximate surface area is 398 Å². The first-order valence-electron chi connectivity index (χ1n) is 24.5. The Bertz CT molecular complexity index is 3180. The van der Waals surface area contributed by atoms with Gasteiger partial charge < -0.3 is 10.1 Å². The van der Waals surface area contributed by atoms with Crippen LogP contribution in [0.5, 0.6) is 5.75 Å². The molecule has 0 saturated heterocycles. The number of ether oxygens (including phenoxy) is 1. The van der Waals surface area contributed by atoms with E-state index in [-0.39, 0.29) is 41.2 Å². The normalized spacial score (nSPS) is 28.4. The summed E-state index contributed by atoms with van der Waals surface area (Å²) in [5, 5.41) is 3.82. The summed E-state index contributed by atoms with van der Waals surface area (Å²) in [5.41, 5.74) is 11.0. The van der Waals surface area contributed by atoms with Crippen LogP contribution in [-0.2, 0) is 5.41 Å². The maximum absolute atomic E-state index is 6.76. The van der Waals surface area contributed by atoms with Crippen molar-refractivity contribution in [3.05, 3.63) is 250 Å². The molecule has 0 fully saturated rings. The molecule has 7 atom stereocenters. The summed E-state index contributed by atoms with van der Waals surface area (Å²) in [6.45, 7) is 0. The molecule has 0 bridgehead atoms. The minimum absolute atomic E-state index is 0.0650. The number of para-hydroxylation sites is 1. The van der Waals surface area contributed by atoms with Crippen LogP contribution >= 0.6 is 0 Å². The number of nitrogens with one attached hydrogen (secondary N) is 1. The van der Waals surface area contributed by atoms with Gasteiger partial charge in [0.1, 0.15) is 34.8 Å². The SMILES string of the molecule is C1=CCC(C2=NC(c3ccccc3)N=C(C3=CC(C4=CC5=C(CC4)C4(C6=C(CCC=C6)Oc6ccccc64)C4C=CC=CC54)=CC(c4nc(-c5ccccc5)nc(C5C=CC=CC5)n4)C3)N2)C=C1. The Kier molecular flexibility index (Phi) is 10.2. The minimum atomic E-state index is -0.371. The highest BCUT2D eigenvalue weighted by Crippen LogP contribution is 2.65. The number of allylic oxidation sites excluding steroid dienone is 22. The van der Waals surface area contributed by atoms with Gasteiger partial charge >= 0.3 is 0 Å². The number of hydrogen-bond donors (Lipinski definition) is 1. The molecule has 0 radical (unpaired) electrons. The fourth-order valence-electron chi connectivity index (χ4n) is 12.1. The van der Waals surface area contributed by atoms with Crippen molar-refractivity contribution in [2.75, 3.05) is 0 Å². The molecule has 7 nitrogen and oxygen atoms in total. The standard InChI is InChI=1S/C61H52N6O/c1-5-19-39(20-6-1)55-62-56(40-21-7-2-8-22-40)65-59(64-55)45-35-44(36-46(37-45)60-66-57(41-23-9-3-10-24-41)63-58(67-60)42-25-11-4-12-26-42)43-33-34-50-48(38-43)47-27-13-14-28-49(47)61(50)51-29-15-17-31-53(51)68-54-32-18-16-30-52(54)61/h1-17,19-21,23-25,27-31,35-36,38,40,42,45,47,49,57H,18,22,26,32-34,37H2,(H,63,66,67). The highest BCUT2D eigenvalue weighted by atomic mass is 16.5. The first-order chi connectivity index (χ1) is 33.7. The zero-order valence-electron chi connectivity index (χ0n) is 38.0. The molecule has 7 heteroatoms. The first kappa shape index (κ1) is 40.7. The van der Waals surface area contributed by atoms with Crippen molar-refractivity contribution in [1.29, 1.82) is 0 Å². The number of amidine groups is 2. The van der Waals surface area contributed by atoms with Crippen LogP contribution in [0.25, 0.3) is 11.4 Å². The fourth-order valence-corrected chi connectivity index (χ4v) is 12.1. The van der Waals surface area contributed by atoms with Gasteiger partial charge in [0.25, 0.3) is 0 Å². The van der Waals surface area contributed by atoms with Crippen LogP contribution in [0.4, 0.5) is 0 Å². The van der Waals surface area contributed by atoms with E-state index in [1.165, 1.54) is 33.4 Å². The number of hydrogen-bond acceptors (Lipinski definition) is 7. The van der Waals surface area contributed by atoms with Crippen LogP contribution in [0.2, 0.25) is 0 Å². The lowest BCUT2D eigenvalue weighted by atomic mass is 9.59. The average Bonchev–Trinajstić information content (AvgIpc) is 3.71. The Morgan fingerprint density at radius 1 is 0.632 bits per heavy atom. The minimum Gasteiger partial charge on any atom is -0.461 e. The second-order valence-corrected chi connectivity index (χ2v) is 19.2. The summed E-state index contributed by atoms with van der Waals surface area (Å²) in [7, 11) is 0. The van der Waals surface area contributed by atoms with Crippen molar-refractivity contribution >= 4 is 11.7 Å². The molecule has 1 N–H and O–H groups in total. The number of rotatable bonds is 7. The smallest absolute Gasteiger partial charge is 0.169 e. The van der Waals surface area contributed by atoms with Crippen molar-refractivity contribution in [3.63, 3.8) is 0 Å². The Morgan fingerprint density at radius 3 is 2.21 bits per heavy atom. The second kappa shape index (κ2) is 17.0. The number of aliphatic imine (C=N–C) groups is 2. The summed E-state index contributed by atoms with van der Waals surface area (Å²) < 4.78 is 6.76. The second-order valence-electron chi connectivity index (χ2n) is 19.2. The van der Waals surface area contributed by atoms with Gasteiger partial charge in [-0.25, -0.2) is 24.9 Å². The number of nitrogens with zero attached hydrogens (tertiary/aromatic N) is 5. The quantitative estimate of drug-likeness (QED) is 0.200. The molecular weight excluding hydrogens is 833 g/mol. The van der Waals surface area contributed by atoms with Gasteiger partial charge in [0.15, 0.2) is 12.0 Å². The molecule has 3 aromatic carbocycles. The zero-order valence-corrected chi connectivity index (χ0v) is 38.0. The van der Waals surface area contributed by atoms with E-state index >= 15 is 0 Å². The van der Waals surface area contributed by atoms with E-state index < -0.39 is 0 Å². The predicted molar refractivity (Wildman–Crippen MR) is 272 cm³/mol. The summed E-state index contributed by atoms with van der Waals surface area (Å²) in [6, 6.07) is 29.7. The van der Waals surface area contributed by atoms with E-state index in [2.05, 4.69) is 187 Å². The molecule has 2 aliphatic heterocycles. The Hall–Kier alpha value is -7.51. The van der Waals surface area contributed by atoms with Gasteiger partial charge in [0.2, 0.25) is 0 Å². The highest BCUT2D eigenvalue weighted by Gasteiger charge is 2.58. The van der Waals surface area contributed by atoms with Crippen molar-refractivity contribution in [1.82, 2.24) is 20.3 Å². The van der Waals surface area contributed by atoms with E-state index in [9.17, 15) is 0 Å². The molecule has 1 spiro atoms. The Balaban J connectivity index is 0.975. The van der Waals surface area contributed by atoms with Crippen LogP contribution in [0, 0.1) is 17.8 Å². The third-order valence-corrected chi connectivity index (χ3v) is 15.2. The summed E-state index contributed by atoms with van der Waals surface area (Å²) in [5.74, 6) is 6.74. The van der Waals surface area contributed by atoms with Gasteiger partial charge in [0.05, 0.1) is 5.41 Å². The molecule has 7 unspecified atom stereocenters. The predicted octanol–water partition coefficient (Wildman–Crippen LogP) is 13.0. The molecule has 4 aromatic rings. The van der Waals surface area contributed by atoms with Gasteiger partial charge in [-0.15, -0.1) is 0 Å². The van der Waals surface area contributed by atoms with Gasteiger partial charge in [-0.3, -0.25) is 0 Å². The molecule has 0 saturated carbocycles. The maximum Gasteiger partial charge on any atom is 0.169 e. The van der Waals surface area contributed by atoms with Crippen LogP contribution in [0.3, 0.4) is 0 Å². The summed E-state index contributed by atoms with van der Waals surface area (Å²) in [4.78, 5) is 26.6. The molecule has 3 heterocycles. The van der Waals surface area contributed by atoms with Crippen molar-refractivity contribution in [2.45, 2.75) is 68.4 Å². The van der Waals surface area contributed by atoms with Crippen LogP contribution in [0.15, 0.2) is 237 Å². The van der Waals surface area contributed by atoms with Gasteiger partial charge in [-0.2, -0.15) is 0 Å². The van der Waals surface area contributed by atoms with Crippen molar-refractivity contribution in [2.24, 2.45) is 27.7 Å². The van der Waals surface area contributed by atoms with Gasteiger partial charge in [0, 0.05) is 52.7 Å². The lowest BCUT2D eigenvalue weighted by Crippen LogP contribution is -2.41. The Morgan fingerprint density at radius 2 is 1.38 bits per heavy atom. The lowest BCUT2D eigenvalue weighted by molar-refractivity contribution is 0.315. The topological polar surface area (TPSA) is 84.7 Å². The first-order valence-corrected chi connectivity index (χ1v) is 24.5. The van der Waals surface area contributed by atoms with Crippen LogP contribution < -0.4 is 10.1 Å². The fraction of sp³-hybridized carbons (Fsp3) is 0.230. The largest absolute Gasteiger partial charge is 0.461 e. The molecule has 0 amide bonds. The third kappa shape index (κ3) is 6.97. The molecule has 1 aromatic heterocycles. The van der Waals surface area contributed by atoms with Crippen molar-refractivity contribution in [3.8, 4) is 17.1 Å². The van der Waals surface area contributed by atoms with E-state index in [0.717, 1.165) is 90.1 Å². The molecule has 68 heavy (non-hydrogen) atoms.